The van der Waals surface area contributed by atoms with Gasteiger partial charge in [-0.1, -0.05) is 6.92 Å². The lowest BCUT2D eigenvalue weighted by Gasteiger charge is -2.09. The highest BCUT2D eigenvalue weighted by atomic mass is 16.5. The third-order valence-electron chi connectivity index (χ3n) is 2.20. The van der Waals surface area contributed by atoms with Gasteiger partial charge in [-0.05, 0) is 6.42 Å². The van der Waals surface area contributed by atoms with Gasteiger partial charge in [-0.15, -0.1) is 0 Å². The van der Waals surface area contributed by atoms with Crippen molar-refractivity contribution in [3.63, 3.8) is 0 Å². The Balaban J connectivity index is 2.73. The van der Waals surface area contributed by atoms with Crippen LogP contribution in [-0.2, 0) is 0 Å². The first kappa shape index (κ1) is 13.0. The van der Waals surface area contributed by atoms with Gasteiger partial charge < -0.3 is 15.4 Å². The number of anilines is 2. The minimum Gasteiger partial charge on any atom is -0.467 e. The number of nitriles is 1. The van der Waals surface area contributed by atoms with E-state index in [4.69, 9.17) is 10.00 Å². The predicted octanol–water partition coefficient (Wildman–Crippen LogP) is 0.884. The Morgan fingerprint density at radius 1 is 1.35 bits per heavy atom. The molecule has 1 rings (SSSR count). The average Bonchev–Trinajstić information content (AvgIpc) is 2.39. The number of methoxy groups -OCH3 is 1. The third-order valence-corrected chi connectivity index (χ3v) is 2.20. The highest BCUT2D eigenvalue weighted by Crippen LogP contribution is 2.11. The van der Waals surface area contributed by atoms with E-state index in [1.54, 1.807) is 7.05 Å². The van der Waals surface area contributed by atoms with Crippen LogP contribution in [-0.4, -0.2) is 35.7 Å². The molecule has 1 heterocycles. The summed E-state index contributed by atoms with van der Waals surface area (Å²) in [7, 11) is 3.20. The van der Waals surface area contributed by atoms with Crippen LogP contribution in [0.15, 0.2) is 0 Å². The topological polar surface area (TPSA) is 95.8 Å². The van der Waals surface area contributed by atoms with Crippen molar-refractivity contribution >= 4 is 11.9 Å². The SMILES string of the molecule is CCC(C#N)CNc1nc(NC)nc(OC)n1. The maximum absolute atomic E-state index is 8.83. The lowest BCUT2D eigenvalue weighted by Crippen LogP contribution is -2.15. The van der Waals surface area contributed by atoms with Crippen LogP contribution < -0.4 is 15.4 Å². The summed E-state index contributed by atoms with van der Waals surface area (Å²) < 4.78 is 4.95. The molecule has 1 atom stereocenters. The normalized spacial score (nSPS) is 11.4. The van der Waals surface area contributed by atoms with E-state index in [2.05, 4.69) is 31.7 Å². The lowest BCUT2D eigenvalue weighted by molar-refractivity contribution is 0.379. The summed E-state index contributed by atoms with van der Waals surface area (Å²) in [5.74, 6) is 0.759. The Labute approximate surface area is 100 Å². The van der Waals surface area contributed by atoms with Gasteiger partial charge in [-0.2, -0.15) is 20.2 Å². The fourth-order valence-electron chi connectivity index (χ4n) is 1.13. The zero-order chi connectivity index (χ0) is 12.7. The average molecular weight is 236 g/mol. The molecule has 1 aromatic heterocycles. The standard InChI is InChI=1S/C10H16N6O/c1-4-7(5-11)6-13-9-14-8(12-2)15-10(16-9)17-3/h7H,4,6H2,1-3H3,(H2,12,13,14,15,16). The number of hydrogen-bond acceptors (Lipinski definition) is 7. The van der Waals surface area contributed by atoms with Crippen molar-refractivity contribution in [2.24, 2.45) is 5.92 Å². The molecule has 7 nitrogen and oxygen atoms in total. The van der Waals surface area contributed by atoms with Crippen molar-refractivity contribution in [1.29, 1.82) is 5.26 Å². The molecule has 0 aliphatic heterocycles. The molecular weight excluding hydrogens is 220 g/mol. The quantitative estimate of drug-likeness (QED) is 0.756. The second-order valence-corrected chi connectivity index (χ2v) is 3.33. The zero-order valence-corrected chi connectivity index (χ0v) is 10.2. The van der Waals surface area contributed by atoms with Crippen molar-refractivity contribution in [3.8, 4) is 12.1 Å². The van der Waals surface area contributed by atoms with Crippen LogP contribution in [0, 0.1) is 17.2 Å². The highest BCUT2D eigenvalue weighted by Gasteiger charge is 2.08. The largest absolute Gasteiger partial charge is 0.467 e. The summed E-state index contributed by atoms with van der Waals surface area (Å²) in [6.45, 7) is 2.46. The first-order valence-corrected chi connectivity index (χ1v) is 5.34. The van der Waals surface area contributed by atoms with Crippen LogP contribution in [0.2, 0.25) is 0 Å². The maximum atomic E-state index is 8.83. The van der Waals surface area contributed by atoms with E-state index in [0.717, 1.165) is 6.42 Å². The number of nitrogens with zero attached hydrogens (tertiary/aromatic N) is 4. The molecule has 0 aliphatic carbocycles. The van der Waals surface area contributed by atoms with Gasteiger partial charge in [0.2, 0.25) is 11.9 Å². The Morgan fingerprint density at radius 2 is 2.06 bits per heavy atom. The van der Waals surface area contributed by atoms with Crippen molar-refractivity contribution in [3.05, 3.63) is 0 Å². The Kier molecular flexibility index (Phi) is 4.94. The lowest BCUT2D eigenvalue weighted by atomic mass is 10.1. The molecule has 0 fully saturated rings. The predicted molar refractivity (Wildman–Crippen MR) is 63.8 cm³/mol. The molecular formula is C10H16N6O. The van der Waals surface area contributed by atoms with Gasteiger partial charge in [0, 0.05) is 13.6 Å². The van der Waals surface area contributed by atoms with Gasteiger partial charge in [0.1, 0.15) is 0 Å². The van der Waals surface area contributed by atoms with Gasteiger partial charge in [0.25, 0.3) is 0 Å². The highest BCUT2D eigenvalue weighted by molar-refractivity contribution is 5.35. The molecule has 0 saturated heterocycles. The summed E-state index contributed by atoms with van der Waals surface area (Å²) in [6, 6.07) is 2.43. The molecule has 0 radical (unpaired) electrons. The molecule has 0 spiro atoms. The molecule has 0 amide bonds. The Bertz CT molecular complexity index is 380. The molecule has 1 aromatic rings. The van der Waals surface area contributed by atoms with E-state index in [1.165, 1.54) is 7.11 Å². The van der Waals surface area contributed by atoms with Gasteiger partial charge in [-0.3, -0.25) is 0 Å². The van der Waals surface area contributed by atoms with Crippen LogP contribution in [0.25, 0.3) is 0 Å². The van der Waals surface area contributed by atoms with Gasteiger partial charge >= 0.3 is 6.01 Å². The number of rotatable bonds is 6. The molecule has 1 unspecified atom stereocenters. The Morgan fingerprint density at radius 3 is 2.59 bits per heavy atom. The molecule has 0 aliphatic rings. The summed E-state index contributed by atoms with van der Waals surface area (Å²) in [5.41, 5.74) is 0. The van der Waals surface area contributed by atoms with Crippen LogP contribution in [0.3, 0.4) is 0 Å². The second-order valence-electron chi connectivity index (χ2n) is 3.33. The summed E-state index contributed by atoms with van der Waals surface area (Å²) >= 11 is 0. The summed E-state index contributed by atoms with van der Waals surface area (Å²) in [6.07, 6.45) is 0.782. The third kappa shape index (κ3) is 3.75. The monoisotopic (exact) mass is 236 g/mol. The van der Waals surface area contributed by atoms with Crippen molar-refractivity contribution in [2.45, 2.75) is 13.3 Å². The Hall–Kier alpha value is -2.10. The van der Waals surface area contributed by atoms with Crippen LogP contribution in [0.4, 0.5) is 11.9 Å². The van der Waals surface area contributed by atoms with Gasteiger partial charge in [-0.25, -0.2) is 0 Å². The van der Waals surface area contributed by atoms with E-state index < -0.39 is 0 Å². The van der Waals surface area contributed by atoms with Crippen LogP contribution >= 0.6 is 0 Å². The molecule has 0 aromatic carbocycles. The number of nitrogens with one attached hydrogen (secondary N) is 2. The van der Waals surface area contributed by atoms with E-state index in [0.29, 0.717) is 18.4 Å². The fourth-order valence-corrected chi connectivity index (χ4v) is 1.13. The fraction of sp³-hybridized carbons (Fsp3) is 0.600. The number of ether oxygens (including phenoxy) is 1. The molecule has 7 heteroatoms. The van der Waals surface area contributed by atoms with Crippen molar-refractivity contribution in [2.75, 3.05) is 31.3 Å². The molecule has 92 valence electrons. The smallest absolute Gasteiger partial charge is 0.322 e. The first-order chi connectivity index (χ1) is 8.23. The number of aromatic nitrogens is 3. The van der Waals surface area contributed by atoms with Gasteiger partial charge in [0.15, 0.2) is 0 Å². The van der Waals surface area contributed by atoms with Crippen LogP contribution in [0.1, 0.15) is 13.3 Å². The molecule has 17 heavy (non-hydrogen) atoms. The maximum Gasteiger partial charge on any atom is 0.322 e. The van der Waals surface area contributed by atoms with E-state index in [1.807, 2.05) is 6.92 Å². The molecule has 2 N–H and O–H groups in total. The number of hydrogen-bond donors (Lipinski definition) is 2. The molecule has 0 saturated carbocycles. The summed E-state index contributed by atoms with van der Waals surface area (Å²) in [5, 5.41) is 14.6. The van der Waals surface area contributed by atoms with E-state index in [9.17, 15) is 0 Å². The second kappa shape index (κ2) is 6.48. The minimum absolute atomic E-state index is 0.0594. The van der Waals surface area contributed by atoms with E-state index in [-0.39, 0.29) is 11.9 Å². The summed E-state index contributed by atoms with van der Waals surface area (Å²) in [4.78, 5) is 12.1. The van der Waals surface area contributed by atoms with Crippen LogP contribution in [0.5, 0.6) is 6.01 Å². The zero-order valence-electron chi connectivity index (χ0n) is 10.2. The molecule has 0 bridgehead atoms. The van der Waals surface area contributed by atoms with Gasteiger partial charge in [0.05, 0.1) is 19.1 Å². The first-order valence-electron chi connectivity index (χ1n) is 5.34. The van der Waals surface area contributed by atoms with Crippen molar-refractivity contribution in [1.82, 2.24) is 15.0 Å². The minimum atomic E-state index is -0.0594. The van der Waals surface area contributed by atoms with E-state index >= 15 is 0 Å². The van der Waals surface area contributed by atoms with Crippen molar-refractivity contribution < 1.29 is 4.74 Å².